The Morgan fingerprint density at radius 1 is 1.06 bits per heavy atom. The third-order valence-corrected chi connectivity index (χ3v) is 2.97. The van der Waals surface area contributed by atoms with Gasteiger partial charge < -0.3 is 4.74 Å². The van der Waals surface area contributed by atoms with E-state index in [1.807, 2.05) is 48.5 Å². The van der Waals surface area contributed by atoms with Gasteiger partial charge in [-0.3, -0.25) is 4.79 Å². The number of ether oxygens (including phenoxy) is 1. The molecule has 0 aliphatic carbocycles. The van der Waals surface area contributed by atoms with E-state index in [9.17, 15) is 4.79 Å². The van der Waals surface area contributed by atoms with Crippen LogP contribution in [0.15, 0.2) is 53.0 Å². The molecule has 0 radical (unpaired) electrons. The molecule has 0 spiro atoms. The maximum atomic E-state index is 10.2. The summed E-state index contributed by atoms with van der Waals surface area (Å²) in [6.07, 6.45) is 0.734. The summed E-state index contributed by atoms with van der Waals surface area (Å²) in [4.78, 5) is 10.2. The van der Waals surface area contributed by atoms with Gasteiger partial charge in [-0.15, -0.1) is 0 Å². The summed E-state index contributed by atoms with van der Waals surface area (Å²) in [7, 11) is 0. The molecule has 86 valence electrons. The van der Waals surface area contributed by atoms with Crippen molar-refractivity contribution in [3.05, 3.63) is 53.0 Å². The number of carbonyl (C=O) groups is 1. The summed E-state index contributed by atoms with van der Waals surface area (Å²) in [5.74, 6) is 0.678. The molecule has 0 aromatic heterocycles. The molecule has 0 saturated carbocycles. The third-order valence-electron chi connectivity index (χ3n) is 2.35. The Kier molecular flexibility index (Phi) is 3.94. The molecule has 0 heterocycles. The molecule has 2 rings (SSSR count). The summed E-state index contributed by atoms with van der Waals surface area (Å²) in [6.45, 7) is 0.0727. The first-order valence-corrected chi connectivity index (χ1v) is 6.02. The van der Waals surface area contributed by atoms with Crippen molar-refractivity contribution in [1.29, 1.82) is 0 Å². The lowest BCUT2D eigenvalue weighted by molar-refractivity contribution is -0.109. The maximum absolute atomic E-state index is 10.2. The van der Waals surface area contributed by atoms with Gasteiger partial charge >= 0.3 is 0 Å². The highest BCUT2D eigenvalue weighted by Crippen LogP contribution is 2.30. The fraction of sp³-hybridized carbons (Fsp3) is 0.0714. The van der Waals surface area contributed by atoms with Gasteiger partial charge in [-0.1, -0.05) is 36.4 Å². The van der Waals surface area contributed by atoms with E-state index in [1.165, 1.54) is 0 Å². The van der Waals surface area contributed by atoms with E-state index in [0.29, 0.717) is 5.75 Å². The van der Waals surface area contributed by atoms with Crippen molar-refractivity contribution in [3.63, 3.8) is 0 Å². The zero-order valence-corrected chi connectivity index (χ0v) is 10.7. The second-order valence-corrected chi connectivity index (χ2v) is 4.34. The van der Waals surface area contributed by atoms with E-state index in [2.05, 4.69) is 15.9 Å². The normalized spacial score (nSPS) is 9.94. The fourth-order valence-electron chi connectivity index (χ4n) is 1.55. The predicted octanol–water partition coefficient (Wildman–Crippen LogP) is 3.69. The lowest BCUT2D eigenvalue weighted by Crippen LogP contribution is -1.98. The van der Waals surface area contributed by atoms with Gasteiger partial charge in [0.25, 0.3) is 0 Å². The SMILES string of the molecule is O=CCOc1ccc(-c2ccccc2)cc1Br. The highest BCUT2D eigenvalue weighted by molar-refractivity contribution is 9.10. The molecule has 17 heavy (non-hydrogen) atoms. The molecular formula is C14H11BrO2. The van der Waals surface area contributed by atoms with E-state index in [0.717, 1.165) is 21.9 Å². The molecule has 0 aliphatic rings. The number of halogens is 1. The highest BCUT2D eigenvalue weighted by Gasteiger charge is 2.03. The number of benzene rings is 2. The Morgan fingerprint density at radius 3 is 2.47 bits per heavy atom. The topological polar surface area (TPSA) is 26.3 Å². The van der Waals surface area contributed by atoms with Crippen molar-refractivity contribution in [2.45, 2.75) is 0 Å². The van der Waals surface area contributed by atoms with Crippen LogP contribution in [0.3, 0.4) is 0 Å². The van der Waals surface area contributed by atoms with E-state index in [1.54, 1.807) is 0 Å². The summed E-state index contributed by atoms with van der Waals surface area (Å²) >= 11 is 3.43. The second kappa shape index (κ2) is 5.64. The Bertz CT molecular complexity index is 509. The number of rotatable bonds is 4. The first-order chi connectivity index (χ1) is 8.31. The van der Waals surface area contributed by atoms with E-state index < -0.39 is 0 Å². The van der Waals surface area contributed by atoms with Gasteiger partial charge in [0.2, 0.25) is 0 Å². The van der Waals surface area contributed by atoms with Crippen molar-refractivity contribution >= 4 is 22.2 Å². The number of hydrogen-bond acceptors (Lipinski definition) is 2. The Morgan fingerprint density at radius 2 is 1.82 bits per heavy atom. The first-order valence-electron chi connectivity index (χ1n) is 5.22. The molecule has 0 fully saturated rings. The molecular weight excluding hydrogens is 280 g/mol. The molecule has 0 amide bonds. The zero-order chi connectivity index (χ0) is 12.1. The van der Waals surface area contributed by atoms with Crippen LogP contribution in [0.5, 0.6) is 5.75 Å². The Balaban J connectivity index is 2.28. The van der Waals surface area contributed by atoms with Crippen molar-refractivity contribution in [3.8, 4) is 16.9 Å². The fourth-order valence-corrected chi connectivity index (χ4v) is 2.05. The van der Waals surface area contributed by atoms with Crippen LogP contribution < -0.4 is 4.74 Å². The molecule has 0 atom stereocenters. The van der Waals surface area contributed by atoms with Crippen LogP contribution in [0.4, 0.5) is 0 Å². The molecule has 3 heteroatoms. The lowest BCUT2D eigenvalue weighted by Gasteiger charge is -2.07. The third kappa shape index (κ3) is 2.94. The number of carbonyl (C=O) groups excluding carboxylic acids is 1. The summed E-state index contributed by atoms with van der Waals surface area (Å²) in [6, 6.07) is 15.9. The molecule has 0 unspecified atom stereocenters. The molecule has 0 aliphatic heterocycles. The molecule has 2 aromatic carbocycles. The minimum absolute atomic E-state index is 0.0727. The van der Waals surface area contributed by atoms with Crippen LogP contribution in [-0.2, 0) is 4.79 Å². The van der Waals surface area contributed by atoms with Crippen LogP contribution in [0, 0.1) is 0 Å². The molecule has 0 N–H and O–H groups in total. The predicted molar refractivity (Wildman–Crippen MR) is 71.1 cm³/mol. The average molecular weight is 291 g/mol. The number of aldehydes is 1. The Hall–Kier alpha value is -1.61. The van der Waals surface area contributed by atoms with Gasteiger partial charge in [-0.2, -0.15) is 0 Å². The van der Waals surface area contributed by atoms with Gasteiger partial charge in [-0.25, -0.2) is 0 Å². The highest BCUT2D eigenvalue weighted by atomic mass is 79.9. The monoisotopic (exact) mass is 290 g/mol. The van der Waals surface area contributed by atoms with Crippen LogP contribution >= 0.6 is 15.9 Å². The van der Waals surface area contributed by atoms with Gasteiger partial charge in [-0.05, 0) is 39.2 Å². The van der Waals surface area contributed by atoms with Crippen molar-refractivity contribution in [2.24, 2.45) is 0 Å². The minimum atomic E-state index is 0.0727. The number of hydrogen-bond donors (Lipinski definition) is 0. The van der Waals surface area contributed by atoms with E-state index in [-0.39, 0.29) is 6.61 Å². The zero-order valence-electron chi connectivity index (χ0n) is 9.10. The molecule has 2 nitrogen and oxygen atoms in total. The summed E-state index contributed by atoms with van der Waals surface area (Å²) < 4.78 is 6.11. The Labute approximate surface area is 108 Å². The average Bonchev–Trinajstić information content (AvgIpc) is 2.38. The summed E-state index contributed by atoms with van der Waals surface area (Å²) in [5, 5.41) is 0. The minimum Gasteiger partial charge on any atom is -0.485 e. The van der Waals surface area contributed by atoms with Gasteiger partial charge in [0, 0.05) is 0 Å². The van der Waals surface area contributed by atoms with Crippen LogP contribution in [0.2, 0.25) is 0 Å². The second-order valence-electron chi connectivity index (χ2n) is 3.49. The van der Waals surface area contributed by atoms with Crippen LogP contribution in [-0.4, -0.2) is 12.9 Å². The van der Waals surface area contributed by atoms with Crippen LogP contribution in [0.25, 0.3) is 11.1 Å². The standard InChI is InChI=1S/C14H11BrO2/c15-13-10-12(11-4-2-1-3-5-11)6-7-14(13)17-9-8-16/h1-8,10H,9H2. The lowest BCUT2D eigenvalue weighted by atomic mass is 10.1. The van der Waals surface area contributed by atoms with E-state index in [4.69, 9.17) is 4.74 Å². The van der Waals surface area contributed by atoms with Gasteiger partial charge in [0.1, 0.15) is 12.4 Å². The summed E-state index contributed by atoms with van der Waals surface area (Å²) in [5.41, 5.74) is 2.26. The molecule has 0 bridgehead atoms. The van der Waals surface area contributed by atoms with Crippen molar-refractivity contribution in [1.82, 2.24) is 0 Å². The van der Waals surface area contributed by atoms with Gasteiger partial charge in [0.05, 0.1) is 4.47 Å². The molecule has 2 aromatic rings. The maximum Gasteiger partial charge on any atom is 0.157 e. The quantitative estimate of drug-likeness (QED) is 0.803. The molecule has 0 saturated heterocycles. The smallest absolute Gasteiger partial charge is 0.157 e. The van der Waals surface area contributed by atoms with Crippen molar-refractivity contribution < 1.29 is 9.53 Å². The first kappa shape index (κ1) is 11.9. The van der Waals surface area contributed by atoms with E-state index >= 15 is 0 Å². The largest absolute Gasteiger partial charge is 0.485 e. The van der Waals surface area contributed by atoms with Gasteiger partial charge in [0.15, 0.2) is 6.29 Å². The van der Waals surface area contributed by atoms with Crippen LogP contribution in [0.1, 0.15) is 0 Å². The van der Waals surface area contributed by atoms with Crippen molar-refractivity contribution in [2.75, 3.05) is 6.61 Å².